The van der Waals surface area contributed by atoms with Crippen LogP contribution >= 0.6 is 23.8 Å². The molecule has 0 unspecified atom stereocenters. The highest BCUT2D eigenvalue weighted by atomic mass is 35.5. The summed E-state index contributed by atoms with van der Waals surface area (Å²) in [6.45, 7) is 4.15. The Labute approximate surface area is 177 Å². The van der Waals surface area contributed by atoms with Crippen molar-refractivity contribution in [2.45, 2.75) is 13.8 Å². The van der Waals surface area contributed by atoms with Crippen LogP contribution in [0.1, 0.15) is 30.0 Å². The van der Waals surface area contributed by atoms with Gasteiger partial charge in [0.2, 0.25) is 0 Å². The maximum Gasteiger partial charge on any atom is 0.339 e. The standard InChI is InChI=1S/C20H17ClN2O5S/c1-10(2)9-27-19(26)13-7-11(3-5-15(13)21)16-6-4-12(28-16)8-14-17(24)22-20(29)23-18(14)25/h3-8,10H,9H2,1-2H3,(H2,22,23,24,25,29). The van der Waals surface area contributed by atoms with Crippen LogP contribution in [-0.2, 0) is 14.3 Å². The largest absolute Gasteiger partial charge is 0.462 e. The van der Waals surface area contributed by atoms with Crippen molar-refractivity contribution < 1.29 is 23.5 Å². The van der Waals surface area contributed by atoms with Gasteiger partial charge in [-0.1, -0.05) is 25.4 Å². The number of thiocarbonyl (C=S) groups is 1. The molecule has 3 rings (SSSR count). The quantitative estimate of drug-likeness (QED) is 0.325. The number of rotatable bonds is 5. The third-order valence-corrected chi connectivity index (χ3v) is 4.41. The highest BCUT2D eigenvalue weighted by molar-refractivity contribution is 7.80. The van der Waals surface area contributed by atoms with Gasteiger partial charge in [0, 0.05) is 5.56 Å². The summed E-state index contributed by atoms with van der Waals surface area (Å²) in [5, 5.41) is 4.92. The number of carbonyl (C=O) groups excluding carboxylic acids is 3. The molecule has 0 saturated carbocycles. The number of furan rings is 1. The summed E-state index contributed by atoms with van der Waals surface area (Å²) in [6.07, 6.45) is 1.31. The Morgan fingerprint density at radius 3 is 2.55 bits per heavy atom. The SMILES string of the molecule is CC(C)COC(=O)c1cc(-c2ccc(C=C3C(=O)NC(=S)NC3=O)o2)ccc1Cl. The minimum atomic E-state index is -0.613. The number of hydrogen-bond donors (Lipinski definition) is 2. The Kier molecular flexibility index (Phi) is 6.14. The van der Waals surface area contributed by atoms with E-state index in [0.717, 1.165) is 0 Å². The lowest BCUT2D eigenvalue weighted by molar-refractivity contribution is -0.123. The molecule has 0 bridgehead atoms. The zero-order chi connectivity index (χ0) is 21.1. The van der Waals surface area contributed by atoms with E-state index in [4.69, 9.17) is 33.0 Å². The highest BCUT2D eigenvalue weighted by Crippen LogP contribution is 2.28. The second-order valence-electron chi connectivity index (χ2n) is 6.68. The zero-order valence-electron chi connectivity index (χ0n) is 15.6. The van der Waals surface area contributed by atoms with Crippen LogP contribution in [0, 0.1) is 5.92 Å². The molecule has 29 heavy (non-hydrogen) atoms. The molecule has 9 heteroatoms. The first-order valence-corrected chi connectivity index (χ1v) is 9.48. The summed E-state index contributed by atoms with van der Waals surface area (Å²) in [6, 6.07) is 8.09. The van der Waals surface area contributed by atoms with Crippen molar-refractivity contribution in [2.24, 2.45) is 5.92 Å². The van der Waals surface area contributed by atoms with Crippen molar-refractivity contribution in [3.8, 4) is 11.3 Å². The van der Waals surface area contributed by atoms with E-state index in [1.165, 1.54) is 6.08 Å². The Morgan fingerprint density at radius 2 is 1.90 bits per heavy atom. The summed E-state index contributed by atoms with van der Waals surface area (Å²) >= 11 is 10.9. The molecule has 2 aromatic rings. The van der Waals surface area contributed by atoms with Crippen LogP contribution in [0.4, 0.5) is 0 Å². The molecular weight excluding hydrogens is 416 g/mol. The van der Waals surface area contributed by atoms with E-state index in [9.17, 15) is 14.4 Å². The van der Waals surface area contributed by atoms with E-state index in [1.54, 1.807) is 30.3 Å². The predicted molar refractivity (Wildman–Crippen MR) is 111 cm³/mol. The van der Waals surface area contributed by atoms with Crippen LogP contribution in [-0.4, -0.2) is 29.5 Å². The third kappa shape index (κ3) is 4.90. The zero-order valence-corrected chi connectivity index (χ0v) is 17.1. The first kappa shape index (κ1) is 20.8. The van der Waals surface area contributed by atoms with Crippen LogP contribution in [0.25, 0.3) is 17.4 Å². The van der Waals surface area contributed by atoms with Crippen molar-refractivity contribution in [3.63, 3.8) is 0 Å². The second-order valence-corrected chi connectivity index (χ2v) is 7.50. The van der Waals surface area contributed by atoms with E-state index in [0.29, 0.717) is 11.3 Å². The van der Waals surface area contributed by atoms with Crippen molar-refractivity contribution in [1.82, 2.24) is 10.6 Å². The van der Waals surface area contributed by atoms with Crippen LogP contribution in [0.5, 0.6) is 0 Å². The van der Waals surface area contributed by atoms with Crippen molar-refractivity contribution >= 4 is 52.8 Å². The van der Waals surface area contributed by atoms with Crippen LogP contribution in [0.2, 0.25) is 5.02 Å². The number of amides is 2. The number of benzene rings is 1. The minimum absolute atomic E-state index is 0.0460. The van der Waals surface area contributed by atoms with E-state index >= 15 is 0 Å². The molecule has 0 radical (unpaired) electrons. The molecule has 1 aliphatic rings. The molecule has 0 spiro atoms. The number of halogens is 1. The summed E-state index contributed by atoms with van der Waals surface area (Å²) in [7, 11) is 0. The van der Waals surface area contributed by atoms with Gasteiger partial charge in [-0.05, 0) is 54.5 Å². The molecule has 2 N–H and O–H groups in total. The first-order valence-electron chi connectivity index (χ1n) is 8.70. The Morgan fingerprint density at radius 1 is 1.21 bits per heavy atom. The Balaban J connectivity index is 1.85. The van der Waals surface area contributed by atoms with E-state index < -0.39 is 17.8 Å². The second kappa shape index (κ2) is 8.59. The molecule has 2 heterocycles. The topological polar surface area (TPSA) is 97.6 Å². The van der Waals surface area contributed by atoms with Crippen LogP contribution < -0.4 is 10.6 Å². The van der Waals surface area contributed by atoms with Gasteiger partial charge in [-0.15, -0.1) is 0 Å². The molecule has 1 aromatic carbocycles. The molecule has 0 atom stereocenters. The molecule has 2 amide bonds. The smallest absolute Gasteiger partial charge is 0.339 e. The molecule has 0 aliphatic carbocycles. The summed E-state index contributed by atoms with van der Waals surface area (Å²) < 4.78 is 10.9. The summed E-state index contributed by atoms with van der Waals surface area (Å²) in [4.78, 5) is 36.1. The van der Waals surface area contributed by atoms with Gasteiger partial charge in [0.15, 0.2) is 5.11 Å². The Hall–Kier alpha value is -2.97. The first-order chi connectivity index (χ1) is 13.7. The normalized spacial score (nSPS) is 13.9. The van der Waals surface area contributed by atoms with Crippen molar-refractivity contribution in [2.75, 3.05) is 6.61 Å². The fourth-order valence-corrected chi connectivity index (χ4v) is 2.87. The van der Waals surface area contributed by atoms with Crippen LogP contribution in [0.15, 0.2) is 40.3 Å². The van der Waals surface area contributed by atoms with E-state index in [1.807, 2.05) is 13.8 Å². The molecule has 150 valence electrons. The molecular formula is C20H17ClN2O5S. The maximum atomic E-state index is 12.3. The van der Waals surface area contributed by atoms with Crippen LogP contribution in [0.3, 0.4) is 0 Å². The minimum Gasteiger partial charge on any atom is -0.462 e. The van der Waals surface area contributed by atoms with Gasteiger partial charge in [-0.2, -0.15) is 0 Å². The number of carbonyl (C=O) groups is 3. The summed E-state index contributed by atoms with van der Waals surface area (Å²) in [5.74, 6) is -0.835. The van der Waals surface area contributed by atoms with E-state index in [-0.39, 0.29) is 39.6 Å². The average Bonchev–Trinajstić information content (AvgIpc) is 3.11. The average molecular weight is 433 g/mol. The lowest BCUT2D eigenvalue weighted by atomic mass is 10.1. The Bertz CT molecular complexity index is 1020. The predicted octanol–water partition coefficient (Wildman–Crippen LogP) is 3.33. The third-order valence-electron chi connectivity index (χ3n) is 3.88. The van der Waals surface area contributed by atoms with Gasteiger partial charge in [0.1, 0.15) is 17.1 Å². The number of ether oxygens (including phenoxy) is 1. The molecule has 1 fully saturated rings. The number of nitrogens with one attached hydrogen (secondary N) is 2. The summed E-state index contributed by atoms with van der Waals surface area (Å²) in [5.41, 5.74) is 0.684. The fourth-order valence-electron chi connectivity index (χ4n) is 2.49. The lowest BCUT2D eigenvalue weighted by Gasteiger charge is -2.15. The monoisotopic (exact) mass is 432 g/mol. The lowest BCUT2D eigenvalue weighted by Crippen LogP contribution is -2.51. The van der Waals surface area contributed by atoms with Gasteiger partial charge in [0.05, 0.1) is 17.2 Å². The van der Waals surface area contributed by atoms with E-state index in [2.05, 4.69) is 10.6 Å². The van der Waals surface area contributed by atoms with Crippen molar-refractivity contribution in [1.29, 1.82) is 0 Å². The maximum absolute atomic E-state index is 12.3. The highest BCUT2D eigenvalue weighted by Gasteiger charge is 2.26. The van der Waals surface area contributed by atoms with Gasteiger partial charge in [-0.3, -0.25) is 20.2 Å². The molecule has 1 saturated heterocycles. The number of hydrogen-bond acceptors (Lipinski definition) is 6. The fraction of sp³-hybridized carbons (Fsp3) is 0.200. The van der Waals surface area contributed by atoms with Gasteiger partial charge >= 0.3 is 5.97 Å². The van der Waals surface area contributed by atoms with Gasteiger partial charge in [-0.25, -0.2) is 4.79 Å². The van der Waals surface area contributed by atoms with Gasteiger partial charge in [0.25, 0.3) is 11.8 Å². The molecule has 7 nitrogen and oxygen atoms in total. The molecule has 1 aromatic heterocycles. The molecule has 1 aliphatic heterocycles. The number of esters is 1. The van der Waals surface area contributed by atoms with Gasteiger partial charge < -0.3 is 9.15 Å². The van der Waals surface area contributed by atoms with Crippen molar-refractivity contribution in [3.05, 3.63) is 52.3 Å².